The van der Waals surface area contributed by atoms with Crippen molar-refractivity contribution in [1.29, 1.82) is 0 Å². The summed E-state index contributed by atoms with van der Waals surface area (Å²) in [6.45, 7) is 4.66. The van der Waals surface area contributed by atoms with Crippen molar-refractivity contribution in [3.63, 3.8) is 0 Å². The molecule has 0 radical (unpaired) electrons. The van der Waals surface area contributed by atoms with Crippen molar-refractivity contribution in [3.05, 3.63) is 12.4 Å². The molecule has 1 aliphatic rings. The highest BCUT2D eigenvalue weighted by molar-refractivity contribution is 5.89. The third kappa shape index (κ3) is 1.57. The lowest BCUT2D eigenvalue weighted by Gasteiger charge is -2.18. The molecule has 0 aromatic heterocycles. The molecule has 0 aromatic rings. The van der Waals surface area contributed by atoms with Gasteiger partial charge in [-0.1, -0.05) is 13.8 Å². The molecule has 0 atom stereocenters. The molecule has 0 aliphatic carbocycles. The van der Waals surface area contributed by atoms with Gasteiger partial charge in [-0.3, -0.25) is 15.3 Å². The Kier molecular flexibility index (Phi) is 2.06. The number of rotatable bonds is 1. The lowest BCUT2D eigenvalue weighted by molar-refractivity contribution is -0.0272. The molecule has 0 amide bonds. The van der Waals surface area contributed by atoms with Gasteiger partial charge in [0.15, 0.2) is 0 Å². The number of hydrogen-bond donors (Lipinski definition) is 1. The van der Waals surface area contributed by atoms with Crippen molar-refractivity contribution in [3.8, 4) is 0 Å². The first-order valence-corrected chi connectivity index (χ1v) is 3.39. The molecule has 3 nitrogen and oxygen atoms in total. The molecular formula is C7H12N2O. The summed E-state index contributed by atoms with van der Waals surface area (Å²) < 4.78 is 0. The van der Waals surface area contributed by atoms with Gasteiger partial charge in [-0.2, -0.15) is 0 Å². The largest absolute Gasteiger partial charge is 0.289 e. The zero-order chi connectivity index (χ0) is 7.56. The predicted octanol–water partition coefficient (Wildman–Crippen LogP) is 1.26. The van der Waals surface area contributed by atoms with Crippen LogP contribution in [0.15, 0.2) is 17.4 Å². The summed E-state index contributed by atoms with van der Waals surface area (Å²) in [5.74, 6) is 0.416. The average molecular weight is 140 g/mol. The molecule has 0 saturated carbocycles. The number of nitrogens with zero attached hydrogens (tertiary/aromatic N) is 2. The van der Waals surface area contributed by atoms with Crippen molar-refractivity contribution in [2.24, 2.45) is 10.9 Å². The molecule has 1 N–H and O–H groups in total. The fraction of sp³-hybridized carbons (Fsp3) is 0.571. The Labute approximate surface area is 60.6 Å². The molecule has 0 spiro atoms. The van der Waals surface area contributed by atoms with E-state index in [0.29, 0.717) is 12.5 Å². The van der Waals surface area contributed by atoms with E-state index in [-0.39, 0.29) is 0 Å². The van der Waals surface area contributed by atoms with Crippen molar-refractivity contribution in [2.75, 3.05) is 6.54 Å². The minimum Gasteiger partial charge on any atom is -0.289 e. The Morgan fingerprint density at radius 1 is 1.70 bits per heavy atom. The van der Waals surface area contributed by atoms with Crippen LogP contribution in [0.4, 0.5) is 0 Å². The molecule has 1 rings (SSSR count). The fourth-order valence-electron chi connectivity index (χ4n) is 0.797. The van der Waals surface area contributed by atoms with E-state index in [1.54, 1.807) is 12.4 Å². The molecule has 10 heavy (non-hydrogen) atoms. The van der Waals surface area contributed by atoms with E-state index < -0.39 is 0 Å². The van der Waals surface area contributed by atoms with Crippen LogP contribution in [0.1, 0.15) is 13.8 Å². The Morgan fingerprint density at radius 2 is 2.40 bits per heavy atom. The SMILES string of the molecule is CC(C)C1=NC=CN(O)C1. The minimum atomic E-state index is 0.416. The van der Waals surface area contributed by atoms with Gasteiger partial charge >= 0.3 is 0 Å². The van der Waals surface area contributed by atoms with Crippen molar-refractivity contribution < 1.29 is 5.21 Å². The molecule has 0 bridgehead atoms. The second-order valence-corrected chi connectivity index (χ2v) is 2.67. The van der Waals surface area contributed by atoms with Gasteiger partial charge in [0, 0.05) is 18.1 Å². The Hall–Kier alpha value is -0.830. The minimum absolute atomic E-state index is 0.416. The fourth-order valence-corrected chi connectivity index (χ4v) is 0.797. The van der Waals surface area contributed by atoms with Crippen molar-refractivity contribution in [1.82, 2.24) is 5.06 Å². The summed E-state index contributed by atoms with van der Waals surface area (Å²) in [7, 11) is 0. The highest BCUT2D eigenvalue weighted by Gasteiger charge is 2.09. The Balaban J connectivity index is 2.61. The summed E-state index contributed by atoms with van der Waals surface area (Å²) in [5, 5.41) is 10.1. The molecule has 0 fully saturated rings. The second kappa shape index (κ2) is 2.84. The van der Waals surface area contributed by atoms with Gasteiger partial charge in [0.1, 0.15) is 0 Å². The van der Waals surface area contributed by atoms with E-state index >= 15 is 0 Å². The van der Waals surface area contributed by atoms with Crippen LogP contribution in [0.2, 0.25) is 0 Å². The summed E-state index contributed by atoms with van der Waals surface area (Å²) in [6.07, 6.45) is 3.16. The molecule has 0 aromatic carbocycles. The van der Waals surface area contributed by atoms with Gasteiger partial charge in [0.05, 0.1) is 6.54 Å². The topological polar surface area (TPSA) is 35.8 Å². The third-order valence-electron chi connectivity index (χ3n) is 1.47. The quantitative estimate of drug-likeness (QED) is 0.595. The molecule has 56 valence electrons. The van der Waals surface area contributed by atoms with Gasteiger partial charge in [-0.25, -0.2) is 0 Å². The van der Waals surface area contributed by atoms with Crippen LogP contribution in [0.3, 0.4) is 0 Å². The maximum atomic E-state index is 8.99. The summed E-state index contributed by atoms with van der Waals surface area (Å²) in [4.78, 5) is 4.11. The Morgan fingerprint density at radius 3 is 2.80 bits per heavy atom. The first-order chi connectivity index (χ1) is 4.70. The number of hydroxylamine groups is 2. The highest BCUT2D eigenvalue weighted by atomic mass is 16.5. The molecule has 1 heterocycles. The van der Waals surface area contributed by atoms with Crippen LogP contribution in [-0.2, 0) is 0 Å². The van der Waals surface area contributed by atoms with Gasteiger partial charge in [-0.05, 0) is 5.92 Å². The van der Waals surface area contributed by atoms with Gasteiger partial charge in [0.25, 0.3) is 0 Å². The summed E-state index contributed by atoms with van der Waals surface area (Å²) in [5.41, 5.74) is 1.02. The standard InChI is InChI=1S/C7H12N2O/c1-6(2)7-5-9(10)4-3-8-7/h3-4,6,10H,5H2,1-2H3. The van der Waals surface area contributed by atoms with Crippen LogP contribution < -0.4 is 0 Å². The summed E-state index contributed by atoms with van der Waals surface area (Å²) in [6, 6.07) is 0. The summed E-state index contributed by atoms with van der Waals surface area (Å²) >= 11 is 0. The van der Waals surface area contributed by atoms with Gasteiger partial charge < -0.3 is 0 Å². The van der Waals surface area contributed by atoms with Gasteiger partial charge in [-0.15, -0.1) is 0 Å². The van der Waals surface area contributed by atoms with Crippen LogP contribution in [0, 0.1) is 5.92 Å². The Bertz CT molecular complexity index is 172. The van der Waals surface area contributed by atoms with E-state index in [1.165, 1.54) is 0 Å². The van der Waals surface area contributed by atoms with Crippen LogP contribution in [0.25, 0.3) is 0 Å². The third-order valence-corrected chi connectivity index (χ3v) is 1.47. The predicted molar refractivity (Wildman–Crippen MR) is 39.9 cm³/mol. The van der Waals surface area contributed by atoms with Crippen molar-refractivity contribution >= 4 is 5.71 Å². The normalized spacial score (nSPS) is 18.0. The van der Waals surface area contributed by atoms with Crippen LogP contribution >= 0.6 is 0 Å². The molecule has 3 heteroatoms. The average Bonchev–Trinajstić information content (AvgIpc) is 1.88. The lowest BCUT2D eigenvalue weighted by atomic mass is 10.1. The van der Waals surface area contributed by atoms with Crippen LogP contribution in [0.5, 0.6) is 0 Å². The van der Waals surface area contributed by atoms with E-state index in [9.17, 15) is 0 Å². The van der Waals surface area contributed by atoms with Crippen LogP contribution in [-0.4, -0.2) is 22.5 Å². The van der Waals surface area contributed by atoms with E-state index in [0.717, 1.165) is 10.8 Å². The monoisotopic (exact) mass is 140 g/mol. The maximum absolute atomic E-state index is 8.99. The lowest BCUT2D eigenvalue weighted by Crippen LogP contribution is -2.27. The van der Waals surface area contributed by atoms with Gasteiger partial charge in [0.2, 0.25) is 0 Å². The second-order valence-electron chi connectivity index (χ2n) is 2.67. The van der Waals surface area contributed by atoms with E-state index in [2.05, 4.69) is 18.8 Å². The van der Waals surface area contributed by atoms with E-state index in [1.807, 2.05) is 0 Å². The number of aliphatic imine (C=N–C) groups is 1. The molecular weight excluding hydrogens is 128 g/mol. The smallest absolute Gasteiger partial charge is 0.0832 e. The number of hydrogen-bond acceptors (Lipinski definition) is 3. The van der Waals surface area contributed by atoms with E-state index in [4.69, 9.17) is 5.21 Å². The molecule has 1 aliphatic heterocycles. The zero-order valence-electron chi connectivity index (χ0n) is 6.28. The molecule has 0 saturated heterocycles. The highest BCUT2D eigenvalue weighted by Crippen LogP contribution is 2.04. The zero-order valence-corrected chi connectivity index (χ0v) is 6.28. The molecule has 0 unspecified atom stereocenters. The maximum Gasteiger partial charge on any atom is 0.0832 e. The van der Waals surface area contributed by atoms with Crippen molar-refractivity contribution in [2.45, 2.75) is 13.8 Å². The first kappa shape index (κ1) is 7.28. The first-order valence-electron chi connectivity index (χ1n) is 3.39.